The number of methoxy groups -OCH3 is 2. The van der Waals surface area contributed by atoms with Crippen LogP contribution < -0.4 is 10.6 Å². The molecule has 5 aromatic rings. The third kappa shape index (κ3) is 8.66. The molecular formula is C52H64N8O6. The first-order valence-electron chi connectivity index (χ1n) is 24.0. The van der Waals surface area contributed by atoms with Gasteiger partial charge in [0.1, 0.15) is 23.7 Å². The van der Waals surface area contributed by atoms with Crippen LogP contribution in [0.2, 0.25) is 0 Å². The van der Waals surface area contributed by atoms with Gasteiger partial charge in [-0.1, -0.05) is 83.4 Å². The summed E-state index contributed by atoms with van der Waals surface area (Å²) in [4.78, 5) is 72.8. The van der Waals surface area contributed by atoms with Crippen LogP contribution in [-0.4, -0.2) is 93.1 Å². The first-order chi connectivity index (χ1) is 31.9. The summed E-state index contributed by atoms with van der Waals surface area (Å²) in [5.41, 5.74) is 11.6. The summed E-state index contributed by atoms with van der Waals surface area (Å²) in [6, 6.07) is 18.1. The van der Waals surface area contributed by atoms with Crippen LogP contribution in [0.4, 0.5) is 9.59 Å². The number of amides is 4. The Morgan fingerprint density at radius 3 is 2.02 bits per heavy atom. The van der Waals surface area contributed by atoms with Crippen molar-refractivity contribution in [2.24, 2.45) is 17.3 Å². The quantitative estimate of drug-likeness (QED) is 0.0958. The molecule has 0 radical (unpaired) electrons. The molecule has 66 heavy (non-hydrogen) atoms. The Balaban J connectivity index is 0.980. The van der Waals surface area contributed by atoms with Gasteiger partial charge in [-0.15, -0.1) is 0 Å². The lowest BCUT2D eigenvalue weighted by Crippen LogP contribution is -2.51. The number of carbonyl (C=O) groups is 4. The van der Waals surface area contributed by atoms with Crippen molar-refractivity contribution in [1.82, 2.24) is 40.4 Å². The molecule has 0 bridgehead atoms. The molecule has 14 nitrogen and oxygen atoms in total. The highest BCUT2D eigenvalue weighted by Crippen LogP contribution is 2.52. The number of aromatic nitrogens is 4. The Kier molecular flexibility index (Phi) is 12.7. The smallest absolute Gasteiger partial charge is 0.407 e. The van der Waals surface area contributed by atoms with E-state index in [1.807, 2.05) is 43.7 Å². The average Bonchev–Trinajstić information content (AvgIpc) is 4.20. The van der Waals surface area contributed by atoms with E-state index < -0.39 is 24.3 Å². The predicted molar refractivity (Wildman–Crippen MR) is 253 cm³/mol. The molecule has 1 unspecified atom stereocenters. The van der Waals surface area contributed by atoms with Crippen molar-refractivity contribution < 1.29 is 28.7 Å². The number of fused-ring (bicyclic) bond motifs is 2. The second kappa shape index (κ2) is 18.6. The first kappa shape index (κ1) is 45.0. The third-order valence-corrected chi connectivity index (χ3v) is 15.1. The molecule has 9 rings (SSSR count). The molecule has 348 valence electrons. The molecule has 2 aromatic heterocycles. The predicted octanol–water partition coefficient (Wildman–Crippen LogP) is 9.42. The molecular weight excluding hydrogens is 833 g/mol. The minimum absolute atomic E-state index is 0.0592. The molecule has 1 saturated carbocycles. The number of ether oxygens (including phenoxy) is 2. The number of carbonyl (C=O) groups excluding carboxylic acids is 4. The van der Waals surface area contributed by atoms with Gasteiger partial charge in [0.05, 0.1) is 49.2 Å². The molecule has 14 heteroatoms. The molecule has 4 heterocycles. The molecule has 2 aliphatic carbocycles. The second-order valence-electron chi connectivity index (χ2n) is 19.6. The van der Waals surface area contributed by atoms with Gasteiger partial charge in [0, 0.05) is 13.1 Å². The molecule has 4 N–H and O–H groups in total. The van der Waals surface area contributed by atoms with Crippen molar-refractivity contribution in [2.45, 2.75) is 122 Å². The van der Waals surface area contributed by atoms with Gasteiger partial charge in [-0.25, -0.2) is 19.6 Å². The summed E-state index contributed by atoms with van der Waals surface area (Å²) >= 11 is 0. The summed E-state index contributed by atoms with van der Waals surface area (Å²) in [7, 11) is 2.62. The summed E-state index contributed by atoms with van der Waals surface area (Å²) in [6.45, 7) is 9.03. The van der Waals surface area contributed by atoms with E-state index in [0.29, 0.717) is 18.5 Å². The zero-order chi connectivity index (χ0) is 46.3. The van der Waals surface area contributed by atoms with Gasteiger partial charge in [0.15, 0.2) is 0 Å². The Morgan fingerprint density at radius 2 is 1.36 bits per heavy atom. The fourth-order valence-corrected chi connectivity index (χ4v) is 11.2. The average molecular weight is 897 g/mol. The lowest BCUT2D eigenvalue weighted by molar-refractivity contribution is -0.136. The fourth-order valence-electron chi connectivity index (χ4n) is 11.2. The molecule has 1 spiro atoms. The van der Waals surface area contributed by atoms with E-state index >= 15 is 0 Å². The van der Waals surface area contributed by atoms with Crippen molar-refractivity contribution in [3.63, 3.8) is 0 Å². The summed E-state index contributed by atoms with van der Waals surface area (Å²) < 4.78 is 9.68. The van der Waals surface area contributed by atoms with Crippen LogP contribution in [-0.2, 0) is 31.9 Å². The van der Waals surface area contributed by atoms with Crippen LogP contribution in [0.1, 0.15) is 120 Å². The number of H-pyrrole nitrogens is 2. The van der Waals surface area contributed by atoms with Gasteiger partial charge < -0.3 is 39.9 Å². The molecule has 2 saturated heterocycles. The van der Waals surface area contributed by atoms with Gasteiger partial charge in [0.25, 0.3) is 0 Å². The van der Waals surface area contributed by atoms with E-state index in [9.17, 15) is 19.2 Å². The lowest BCUT2D eigenvalue weighted by atomic mass is 9.83. The summed E-state index contributed by atoms with van der Waals surface area (Å²) in [5, 5.41) is 5.53. The number of nitrogens with zero attached hydrogens (tertiary/aromatic N) is 4. The highest BCUT2D eigenvalue weighted by Gasteiger charge is 2.42. The molecule has 4 amide bonds. The van der Waals surface area contributed by atoms with Crippen molar-refractivity contribution in [1.29, 1.82) is 0 Å². The molecule has 5 atom stereocenters. The van der Waals surface area contributed by atoms with Gasteiger partial charge in [-0.2, -0.15) is 0 Å². The van der Waals surface area contributed by atoms with Crippen molar-refractivity contribution in [3.05, 3.63) is 83.6 Å². The van der Waals surface area contributed by atoms with E-state index in [0.717, 1.165) is 90.0 Å². The van der Waals surface area contributed by atoms with Crippen LogP contribution in [0.5, 0.6) is 0 Å². The molecule has 4 aliphatic rings. The van der Waals surface area contributed by atoms with Crippen LogP contribution in [0.15, 0.2) is 60.8 Å². The normalized spacial score (nSPS) is 20.2. The Hall–Kier alpha value is -6.18. The maximum absolute atomic E-state index is 14.0. The van der Waals surface area contributed by atoms with Crippen LogP contribution in [0.3, 0.4) is 0 Å². The number of rotatable bonds is 12. The Labute approximate surface area is 387 Å². The SMILES string of the molecule is CCC(C)[C@H](NC(=O)OC)C(=O)N1CCC[C@H]1c1nc2ccc(-c3cc(-c4ccc(-c5cnc([C@@H]6CCCN6C(=O)[C@@H](NC(=O)OC)C(C)C)[nH]5)cc4)cc4c3CC3(CCCC3)C4)cc2[nH]1. The van der Waals surface area contributed by atoms with Gasteiger partial charge in [-0.05, 0) is 126 Å². The minimum atomic E-state index is -0.691. The minimum Gasteiger partial charge on any atom is -0.453 e. The van der Waals surface area contributed by atoms with Crippen LogP contribution >= 0.6 is 0 Å². The standard InChI is InChI=1S/C52H64N8O6/c1-7-31(4)45(58-51(64)66-6)49(62)60-23-11-13-43(60)47-54-39-19-18-34(26-40(39)55-47)37-25-35(24-36-27-52(28-38(36)37)20-8-9-21-52)32-14-16-33(17-15-32)41-29-53-46(56-41)42-12-10-22-59(42)48(61)44(30(2)3)57-50(63)65-5/h14-19,24-26,29-31,42-45H,7-13,20-23,27-28H2,1-6H3,(H,53,56)(H,54,55)(H,57,63)(H,58,64)/t31?,42-,43-,44-,45-/m0/s1. The van der Waals surface area contributed by atoms with Crippen LogP contribution in [0, 0.1) is 17.3 Å². The molecule has 3 aromatic carbocycles. The Bertz CT molecular complexity index is 2610. The van der Waals surface area contributed by atoms with Gasteiger partial charge in [0.2, 0.25) is 11.8 Å². The zero-order valence-electron chi connectivity index (χ0n) is 39.2. The largest absolute Gasteiger partial charge is 0.453 e. The molecule has 3 fully saturated rings. The number of aromatic amines is 2. The highest BCUT2D eigenvalue weighted by molar-refractivity contribution is 5.88. The maximum atomic E-state index is 14.0. The van der Waals surface area contributed by atoms with Crippen molar-refractivity contribution >= 4 is 35.0 Å². The number of alkyl carbamates (subject to hydrolysis) is 2. The van der Waals surface area contributed by atoms with Gasteiger partial charge >= 0.3 is 12.2 Å². The number of hydrogen-bond acceptors (Lipinski definition) is 8. The summed E-state index contributed by atoms with van der Waals surface area (Å²) in [5.74, 6) is 1.10. The number of nitrogens with one attached hydrogen (secondary N) is 4. The summed E-state index contributed by atoms with van der Waals surface area (Å²) in [6.07, 6.45) is 11.9. The van der Waals surface area contributed by atoms with Crippen LogP contribution in [0.25, 0.3) is 44.5 Å². The number of likely N-dealkylation sites (tertiary alicyclic amines) is 2. The van der Waals surface area contributed by atoms with E-state index in [-0.39, 0.29) is 35.7 Å². The Morgan fingerprint density at radius 1 is 0.742 bits per heavy atom. The molecule has 2 aliphatic heterocycles. The van der Waals surface area contributed by atoms with Crippen molar-refractivity contribution in [3.8, 4) is 33.5 Å². The fraction of sp³-hybridized carbons (Fsp3) is 0.500. The lowest BCUT2D eigenvalue weighted by Gasteiger charge is -2.30. The zero-order valence-corrected chi connectivity index (χ0v) is 39.2. The van der Waals surface area contributed by atoms with E-state index in [1.54, 1.807) is 0 Å². The highest BCUT2D eigenvalue weighted by atomic mass is 16.5. The van der Waals surface area contributed by atoms with E-state index in [1.165, 1.54) is 62.2 Å². The van der Waals surface area contributed by atoms with Gasteiger partial charge in [-0.3, -0.25) is 9.59 Å². The third-order valence-electron chi connectivity index (χ3n) is 15.1. The monoisotopic (exact) mass is 896 g/mol. The van der Waals surface area contributed by atoms with E-state index in [4.69, 9.17) is 19.4 Å². The van der Waals surface area contributed by atoms with E-state index in [2.05, 4.69) is 75.2 Å². The second-order valence-corrected chi connectivity index (χ2v) is 19.6. The number of benzene rings is 3. The topological polar surface area (TPSA) is 175 Å². The number of hydrogen-bond donors (Lipinski definition) is 4. The maximum Gasteiger partial charge on any atom is 0.407 e. The first-order valence-corrected chi connectivity index (χ1v) is 24.0. The van der Waals surface area contributed by atoms with Crippen molar-refractivity contribution in [2.75, 3.05) is 27.3 Å². The number of imidazole rings is 2.